The van der Waals surface area contributed by atoms with Gasteiger partial charge >= 0.3 is 0 Å². The molecule has 1 amide bonds. The number of aryl methyl sites for hydroxylation is 2. The molecule has 0 heterocycles. The number of sulfonamides is 1. The second kappa shape index (κ2) is 9.36. The topological polar surface area (TPSA) is 84.5 Å². The van der Waals surface area contributed by atoms with Gasteiger partial charge in [-0.2, -0.15) is 0 Å². The second-order valence-corrected chi connectivity index (χ2v) is 8.95. The summed E-state index contributed by atoms with van der Waals surface area (Å²) < 4.78 is 45.8. The van der Waals surface area contributed by atoms with Gasteiger partial charge in [-0.1, -0.05) is 29.3 Å². The van der Waals surface area contributed by atoms with E-state index >= 15 is 0 Å². The van der Waals surface area contributed by atoms with Gasteiger partial charge in [0.25, 0.3) is 15.9 Å². The molecule has 3 aromatic rings. The molecule has 0 saturated carbocycles. The SMILES string of the molecule is Cc1ccc(NC(=O)COc2ccc(S(=O)(=O)Nc3ccc(F)cc3)cc2Cl)c(C)c1. The minimum absolute atomic E-state index is 0.0290. The van der Waals surface area contributed by atoms with E-state index in [4.69, 9.17) is 16.3 Å². The van der Waals surface area contributed by atoms with E-state index in [1.54, 1.807) is 0 Å². The second-order valence-electron chi connectivity index (χ2n) is 6.86. The zero-order valence-corrected chi connectivity index (χ0v) is 18.4. The van der Waals surface area contributed by atoms with Crippen molar-refractivity contribution in [3.63, 3.8) is 0 Å². The van der Waals surface area contributed by atoms with Crippen LogP contribution < -0.4 is 14.8 Å². The van der Waals surface area contributed by atoms with E-state index in [-0.39, 0.29) is 33.9 Å². The molecule has 0 aliphatic heterocycles. The number of amides is 1. The molecule has 3 aromatic carbocycles. The van der Waals surface area contributed by atoms with E-state index in [1.807, 2.05) is 32.0 Å². The predicted molar refractivity (Wildman–Crippen MR) is 119 cm³/mol. The van der Waals surface area contributed by atoms with Gasteiger partial charge in [0.1, 0.15) is 11.6 Å². The monoisotopic (exact) mass is 462 g/mol. The Bertz CT molecular complexity index is 1210. The first-order valence-corrected chi connectivity index (χ1v) is 11.1. The average molecular weight is 463 g/mol. The van der Waals surface area contributed by atoms with Gasteiger partial charge in [0, 0.05) is 11.4 Å². The molecule has 0 saturated heterocycles. The number of nitrogens with one attached hydrogen (secondary N) is 2. The van der Waals surface area contributed by atoms with Gasteiger partial charge in [-0.25, -0.2) is 12.8 Å². The highest BCUT2D eigenvalue weighted by Gasteiger charge is 2.17. The summed E-state index contributed by atoms with van der Waals surface area (Å²) in [5, 5.41) is 2.78. The maximum atomic E-state index is 13.0. The lowest BCUT2D eigenvalue weighted by Crippen LogP contribution is -2.21. The molecule has 2 N–H and O–H groups in total. The van der Waals surface area contributed by atoms with Crippen molar-refractivity contribution in [2.75, 3.05) is 16.6 Å². The summed E-state index contributed by atoms with van der Waals surface area (Å²) in [5.41, 5.74) is 2.90. The third kappa shape index (κ3) is 5.96. The quantitative estimate of drug-likeness (QED) is 0.522. The minimum Gasteiger partial charge on any atom is -0.482 e. The number of hydrogen-bond donors (Lipinski definition) is 2. The van der Waals surface area contributed by atoms with Crippen LogP contribution in [0.25, 0.3) is 0 Å². The molecule has 0 atom stereocenters. The molecule has 3 rings (SSSR count). The Kier molecular flexibility index (Phi) is 6.82. The molecular weight excluding hydrogens is 443 g/mol. The fourth-order valence-corrected chi connectivity index (χ4v) is 4.17. The number of halogens is 2. The van der Waals surface area contributed by atoms with Gasteiger partial charge in [-0.05, 0) is 67.9 Å². The van der Waals surface area contributed by atoms with Crippen molar-refractivity contribution < 1.29 is 22.3 Å². The van der Waals surface area contributed by atoms with Crippen LogP contribution in [0.15, 0.2) is 65.6 Å². The van der Waals surface area contributed by atoms with Crippen molar-refractivity contribution in [2.24, 2.45) is 0 Å². The van der Waals surface area contributed by atoms with E-state index in [0.29, 0.717) is 5.69 Å². The summed E-state index contributed by atoms with van der Waals surface area (Å²) in [6.07, 6.45) is 0. The van der Waals surface area contributed by atoms with Crippen LogP contribution >= 0.6 is 11.6 Å². The lowest BCUT2D eigenvalue weighted by Gasteiger charge is -2.12. The normalized spacial score (nSPS) is 11.1. The van der Waals surface area contributed by atoms with Gasteiger partial charge in [0.15, 0.2) is 6.61 Å². The number of benzene rings is 3. The van der Waals surface area contributed by atoms with E-state index < -0.39 is 15.8 Å². The number of rotatable bonds is 7. The summed E-state index contributed by atoms with van der Waals surface area (Å²) >= 11 is 6.15. The molecule has 31 heavy (non-hydrogen) atoms. The number of hydrogen-bond acceptors (Lipinski definition) is 4. The van der Waals surface area contributed by atoms with Crippen LogP contribution in [0.3, 0.4) is 0 Å². The maximum absolute atomic E-state index is 13.0. The fraction of sp³-hybridized carbons (Fsp3) is 0.136. The van der Waals surface area contributed by atoms with Gasteiger partial charge < -0.3 is 10.1 Å². The summed E-state index contributed by atoms with van der Waals surface area (Å²) in [5.74, 6) is -0.690. The first-order chi connectivity index (χ1) is 14.6. The Hall–Kier alpha value is -3.10. The largest absolute Gasteiger partial charge is 0.482 e. The zero-order valence-electron chi connectivity index (χ0n) is 16.8. The summed E-state index contributed by atoms with van der Waals surface area (Å²) in [6.45, 7) is 3.55. The smallest absolute Gasteiger partial charge is 0.262 e. The van der Waals surface area contributed by atoms with Crippen molar-refractivity contribution in [3.8, 4) is 5.75 Å². The number of carbonyl (C=O) groups excluding carboxylic acids is 1. The van der Waals surface area contributed by atoms with Crippen LogP contribution in [0.5, 0.6) is 5.75 Å². The van der Waals surface area contributed by atoms with Crippen molar-refractivity contribution in [3.05, 3.63) is 82.6 Å². The van der Waals surface area contributed by atoms with E-state index in [9.17, 15) is 17.6 Å². The molecule has 9 heteroatoms. The van der Waals surface area contributed by atoms with Gasteiger partial charge in [-0.3, -0.25) is 9.52 Å². The van der Waals surface area contributed by atoms with Crippen LogP contribution in [0.2, 0.25) is 5.02 Å². The lowest BCUT2D eigenvalue weighted by atomic mass is 10.1. The molecule has 0 radical (unpaired) electrons. The van der Waals surface area contributed by atoms with Crippen molar-refractivity contribution >= 4 is 38.9 Å². The Labute approximate surface area is 185 Å². The van der Waals surface area contributed by atoms with Gasteiger partial charge in [0.2, 0.25) is 0 Å². The molecule has 162 valence electrons. The van der Waals surface area contributed by atoms with Crippen LogP contribution in [-0.2, 0) is 14.8 Å². The molecule has 0 fully saturated rings. The third-order valence-corrected chi connectivity index (χ3v) is 6.00. The van der Waals surface area contributed by atoms with Crippen molar-refractivity contribution in [1.82, 2.24) is 0 Å². The van der Waals surface area contributed by atoms with Crippen LogP contribution in [-0.4, -0.2) is 20.9 Å². The molecule has 0 aliphatic carbocycles. The molecule has 0 aliphatic rings. The molecule has 0 spiro atoms. The highest BCUT2D eigenvalue weighted by atomic mass is 35.5. The van der Waals surface area contributed by atoms with E-state index in [2.05, 4.69) is 10.0 Å². The van der Waals surface area contributed by atoms with Crippen LogP contribution in [0.1, 0.15) is 11.1 Å². The number of ether oxygens (including phenoxy) is 1. The van der Waals surface area contributed by atoms with Crippen LogP contribution in [0.4, 0.5) is 15.8 Å². The Morgan fingerprint density at radius 2 is 1.74 bits per heavy atom. The predicted octanol–water partition coefficient (Wildman–Crippen LogP) is 4.91. The lowest BCUT2D eigenvalue weighted by molar-refractivity contribution is -0.118. The minimum atomic E-state index is -3.94. The van der Waals surface area contributed by atoms with Gasteiger partial charge in [0.05, 0.1) is 9.92 Å². The molecular formula is C22H20ClFN2O4S. The molecule has 6 nitrogen and oxygen atoms in total. The Morgan fingerprint density at radius 1 is 1.03 bits per heavy atom. The fourth-order valence-electron chi connectivity index (χ4n) is 2.78. The molecule has 0 unspecified atom stereocenters. The summed E-state index contributed by atoms with van der Waals surface area (Å²) in [7, 11) is -3.94. The Morgan fingerprint density at radius 3 is 2.39 bits per heavy atom. The first-order valence-electron chi connectivity index (χ1n) is 9.22. The van der Waals surface area contributed by atoms with E-state index in [1.165, 1.54) is 30.3 Å². The maximum Gasteiger partial charge on any atom is 0.262 e. The third-order valence-electron chi connectivity index (χ3n) is 4.32. The van der Waals surface area contributed by atoms with Gasteiger partial charge in [-0.15, -0.1) is 0 Å². The summed E-state index contributed by atoms with van der Waals surface area (Å²) in [6, 6.07) is 14.4. The average Bonchev–Trinajstić information content (AvgIpc) is 2.70. The first kappa shape index (κ1) is 22.6. The highest BCUT2D eigenvalue weighted by Crippen LogP contribution is 2.28. The zero-order chi connectivity index (χ0) is 22.6. The number of carbonyl (C=O) groups is 1. The Balaban J connectivity index is 1.64. The number of anilines is 2. The van der Waals surface area contributed by atoms with Crippen molar-refractivity contribution in [2.45, 2.75) is 18.7 Å². The highest BCUT2D eigenvalue weighted by molar-refractivity contribution is 7.92. The van der Waals surface area contributed by atoms with Crippen LogP contribution in [0, 0.1) is 19.7 Å². The molecule has 0 aromatic heterocycles. The standard InChI is InChI=1S/C22H20ClFN2O4S/c1-14-3-9-20(15(2)11-14)25-22(27)13-30-21-10-8-18(12-19(21)23)31(28,29)26-17-6-4-16(24)5-7-17/h3-12,26H,13H2,1-2H3,(H,25,27). The molecule has 0 bridgehead atoms. The summed E-state index contributed by atoms with van der Waals surface area (Å²) in [4.78, 5) is 12.1. The van der Waals surface area contributed by atoms with E-state index in [0.717, 1.165) is 23.3 Å². The van der Waals surface area contributed by atoms with Crippen molar-refractivity contribution in [1.29, 1.82) is 0 Å².